The number of carbonyl (C=O) groups is 1. The molecule has 0 saturated carbocycles. The molecule has 1 heterocycles. The molecule has 16 heavy (non-hydrogen) atoms. The van der Waals surface area contributed by atoms with Gasteiger partial charge in [-0.1, -0.05) is 15.9 Å². The third-order valence-electron chi connectivity index (χ3n) is 2.75. The molecule has 0 saturated heterocycles. The van der Waals surface area contributed by atoms with Gasteiger partial charge in [0, 0.05) is 15.4 Å². The van der Waals surface area contributed by atoms with E-state index < -0.39 is 11.4 Å². The van der Waals surface area contributed by atoms with Gasteiger partial charge in [-0.3, -0.25) is 4.79 Å². The topological polar surface area (TPSA) is 50.4 Å². The van der Waals surface area contributed by atoms with Crippen LogP contribution < -0.4 is 0 Å². The molecule has 0 aliphatic rings. The van der Waals surface area contributed by atoms with Crippen LogP contribution in [0.15, 0.2) is 33.4 Å². The number of hydrogen-bond donors (Lipinski definition) is 1. The molecule has 0 fully saturated rings. The highest BCUT2D eigenvalue weighted by Gasteiger charge is 2.32. The molecule has 4 heteroatoms. The van der Waals surface area contributed by atoms with Crippen LogP contribution in [0.3, 0.4) is 0 Å². The second-order valence-electron chi connectivity index (χ2n) is 4.22. The van der Waals surface area contributed by atoms with Gasteiger partial charge in [-0.25, -0.2) is 0 Å². The van der Waals surface area contributed by atoms with Gasteiger partial charge < -0.3 is 9.52 Å². The van der Waals surface area contributed by atoms with Crippen LogP contribution in [0, 0.1) is 0 Å². The van der Waals surface area contributed by atoms with Crippen LogP contribution in [0.4, 0.5) is 0 Å². The Morgan fingerprint density at radius 1 is 1.44 bits per heavy atom. The molecule has 0 bridgehead atoms. The highest BCUT2D eigenvalue weighted by molar-refractivity contribution is 9.10. The van der Waals surface area contributed by atoms with Crippen molar-refractivity contribution in [2.24, 2.45) is 0 Å². The van der Waals surface area contributed by atoms with Crippen molar-refractivity contribution < 1.29 is 14.3 Å². The Labute approximate surface area is 101 Å². The maximum atomic E-state index is 11.2. The Morgan fingerprint density at radius 2 is 2.12 bits per heavy atom. The van der Waals surface area contributed by atoms with Crippen molar-refractivity contribution in [3.8, 4) is 0 Å². The first-order chi connectivity index (χ1) is 7.43. The van der Waals surface area contributed by atoms with Gasteiger partial charge in [0.15, 0.2) is 0 Å². The van der Waals surface area contributed by atoms with Crippen molar-refractivity contribution in [3.05, 3.63) is 34.5 Å². The van der Waals surface area contributed by atoms with E-state index in [1.165, 1.54) is 6.26 Å². The molecule has 0 atom stereocenters. The largest absolute Gasteiger partial charge is 0.481 e. The van der Waals surface area contributed by atoms with Gasteiger partial charge in [0.25, 0.3) is 0 Å². The minimum absolute atomic E-state index is 0.693. The Kier molecular flexibility index (Phi) is 2.54. The van der Waals surface area contributed by atoms with E-state index in [9.17, 15) is 9.90 Å². The van der Waals surface area contributed by atoms with Gasteiger partial charge in [0.05, 0.1) is 11.7 Å². The molecular weight excluding hydrogens is 272 g/mol. The van der Waals surface area contributed by atoms with Crippen LogP contribution in [0.2, 0.25) is 0 Å². The van der Waals surface area contributed by atoms with Gasteiger partial charge in [0.1, 0.15) is 5.58 Å². The van der Waals surface area contributed by atoms with Crippen LogP contribution in [-0.2, 0) is 10.2 Å². The average molecular weight is 283 g/mol. The zero-order chi connectivity index (χ0) is 11.9. The zero-order valence-corrected chi connectivity index (χ0v) is 10.5. The number of benzene rings is 1. The standard InChI is InChI=1S/C12H11BrO3/c1-12(2,11(14)15)9-6-16-10-5-7(13)3-4-8(9)10/h3-6H,1-2H3,(H,14,15). The number of halogens is 1. The summed E-state index contributed by atoms with van der Waals surface area (Å²) in [4.78, 5) is 11.2. The molecular formula is C12H11BrO3. The lowest BCUT2D eigenvalue weighted by molar-refractivity contribution is -0.142. The molecule has 0 aliphatic heterocycles. The summed E-state index contributed by atoms with van der Waals surface area (Å²) in [5, 5.41) is 10.0. The normalized spacial score (nSPS) is 11.9. The minimum Gasteiger partial charge on any atom is -0.481 e. The lowest BCUT2D eigenvalue weighted by Gasteiger charge is -2.17. The van der Waals surface area contributed by atoms with Crippen LogP contribution in [0.5, 0.6) is 0 Å². The molecule has 1 aromatic heterocycles. The van der Waals surface area contributed by atoms with Crippen molar-refractivity contribution in [2.75, 3.05) is 0 Å². The summed E-state index contributed by atoms with van der Waals surface area (Å²) in [6.45, 7) is 3.34. The van der Waals surface area contributed by atoms with Crippen LogP contribution in [0.25, 0.3) is 11.0 Å². The molecule has 0 radical (unpaired) electrons. The first-order valence-corrected chi connectivity index (χ1v) is 5.63. The number of carboxylic acid groups (broad SMARTS) is 1. The minimum atomic E-state index is -0.945. The number of rotatable bonds is 2. The van der Waals surface area contributed by atoms with Gasteiger partial charge >= 0.3 is 5.97 Å². The lowest BCUT2D eigenvalue weighted by Crippen LogP contribution is -2.28. The zero-order valence-electron chi connectivity index (χ0n) is 8.95. The fourth-order valence-corrected chi connectivity index (χ4v) is 1.94. The summed E-state index contributed by atoms with van der Waals surface area (Å²) in [6.07, 6.45) is 1.52. The predicted octanol–water partition coefficient (Wildman–Crippen LogP) is 3.56. The maximum Gasteiger partial charge on any atom is 0.313 e. The van der Waals surface area contributed by atoms with E-state index in [0.29, 0.717) is 11.1 Å². The van der Waals surface area contributed by atoms with E-state index in [-0.39, 0.29) is 0 Å². The molecule has 1 N–H and O–H groups in total. The molecule has 0 unspecified atom stereocenters. The summed E-state index contributed by atoms with van der Waals surface area (Å²) >= 11 is 3.34. The molecule has 2 rings (SSSR count). The van der Waals surface area contributed by atoms with Gasteiger partial charge in [-0.2, -0.15) is 0 Å². The third-order valence-corrected chi connectivity index (χ3v) is 3.24. The third kappa shape index (κ3) is 1.63. The molecule has 84 valence electrons. The van der Waals surface area contributed by atoms with E-state index in [4.69, 9.17) is 4.42 Å². The fourth-order valence-electron chi connectivity index (χ4n) is 1.60. The molecule has 1 aromatic carbocycles. The lowest BCUT2D eigenvalue weighted by atomic mass is 9.85. The van der Waals surface area contributed by atoms with Crippen LogP contribution in [0.1, 0.15) is 19.4 Å². The molecule has 0 spiro atoms. The van der Waals surface area contributed by atoms with Crippen LogP contribution in [-0.4, -0.2) is 11.1 Å². The summed E-state index contributed by atoms with van der Waals surface area (Å²) in [5.41, 5.74) is 0.445. The van der Waals surface area contributed by atoms with E-state index in [0.717, 1.165) is 9.86 Å². The van der Waals surface area contributed by atoms with Crippen molar-refractivity contribution in [3.63, 3.8) is 0 Å². The summed E-state index contributed by atoms with van der Waals surface area (Å²) < 4.78 is 6.28. The van der Waals surface area contributed by atoms with E-state index in [1.807, 2.05) is 18.2 Å². The SMILES string of the molecule is CC(C)(C(=O)O)c1coc2cc(Br)ccc12. The number of furan rings is 1. The smallest absolute Gasteiger partial charge is 0.313 e. The fraction of sp³-hybridized carbons (Fsp3) is 0.250. The summed E-state index contributed by atoms with van der Waals surface area (Å²) in [6, 6.07) is 5.57. The molecule has 0 amide bonds. The molecule has 2 aromatic rings. The van der Waals surface area contributed by atoms with Crippen molar-refractivity contribution >= 4 is 32.9 Å². The first-order valence-electron chi connectivity index (χ1n) is 4.83. The number of carboxylic acids is 1. The first kappa shape index (κ1) is 11.2. The Morgan fingerprint density at radius 3 is 2.75 bits per heavy atom. The quantitative estimate of drug-likeness (QED) is 0.916. The molecule has 0 aliphatic carbocycles. The van der Waals surface area contributed by atoms with Gasteiger partial charge in [-0.15, -0.1) is 0 Å². The number of aliphatic carboxylic acids is 1. The summed E-state index contributed by atoms with van der Waals surface area (Å²) in [5.74, 6) is -0.863. The second-order valence-corrected chi connectivity index (χ2v) is 5.14. The maximum absolute atomic E-state index is 11.2. The number of fused-ring (bicyclic) bond motifs is 1. The second kappa shape index (κ2) is 3.63. The van der Waals surface area contributed by atoms with Crippen molar-refractivity contribution in [1.29, 1.82) is 0 Å². The van der Waals surface area contributed by atoms with Gasteiger partial charge in [-0.05, 0) is 32.0 Å². The molecule has 3 nitrogen and oxygen atoms in total. The van der Waals surface area contributed by atoms with Crippen molar-refractivity contribution in [1.82, 2.24) is 0 Å². The Balaban J connectivity index is 2.67. The monoisotopic (exact) mass is 282 g/mol. The van der Waals surface area contributed by atoms with Crippen LogP contribution >= 0.6 is 15.9 Å². The van der Waals surface area contributed by atoms with E-state index in [2.05, 4.69) is 15.9 Å². The van der Waals surface area contributed by atoms with Gasteiger partial charge in [0.2, 0.25) is 0 Å². The number of hydrogen-bond acceptors (Lipinski definition) is 2. The highest BCUT2D eigenvalue weighted by atomic mass is 79.9. The highest BCUT2D eigenvalue weighted by Crippen LogP contribution is 2.33. The van der Waals surface area contributed by atoms with Crippen molar-refractivity contribution in [2.45, 2.75) is 19.3 Å². The Hall–Kier alpha value is -1.29. The average Bonchev–Trinajstić information content (AvgIpc) is 2.60. The predicted molar refractivity (Wildman–Crippen MR) is 64.6 cm³/mol. The van der Waals surface area contributed by atoms with E-state index in [1.54, 1.807) is 13.8 Å². The summed E-state index contributed by atoms with van der Waals surface area (Å²) in [7, 11) is 0. The van der Waals surface area contributed by atoms with E-state index >= 15 is 0 Å². The Bertz CT molecular complexity index is 554.